The van der Waals surface area contributed by atoms with E-state index in [9.17, 15) is 14.7 Å². The molecule has 0 bridgehead atoms. The molecule has 0 fully saturated rings. The standard InChI is InChI=1S/C79H156O5/c1-3-5-7-9-11-13-15-17-19-21-23-25-27-29-31-33-34-35-36-37-38-39-40-41-42-43-44-46-48-50-52-54-56-58-60-62-64-66-68-70-72-74-79(82)84-77(75-80)76-83-78(81)73-71-69-67-65-63-61-59-57-55-53-51-49-47-45-32-30-28-26-24-22-20-18-16-14-12-10-8-6-4-2/h77,80H,3-76H2,1-2H3. The summed E-state index contributed by atoms with van der Waals surface area (Å²) in [4.78, 5) is 24.7. The molecule has 0 radical (unpaired) electrons. The van der Waals surface area contributed by atoms with Crippen molar-refractivity contribution in [1.82, 2.24) is 0 Å². The smallest absolute Gasteiger partial charge is 0.306 e. The summed E-state index contributed by atoms with van der Waals surface area (Å²) in [5.74, 6) is -0.556. The first-order chi connectivity index (χ1) is 41.6. The van der Waals surface area contributed by atoms with E-state index in [4.69, 9.17) is 9.47 Å². The Kier molecular flexibility index (Phi) is 75.2. The van der Waals surface area contributed by atoms with Crippen LogP contribution in [0.3, 0.4) is 0 Å². The molecule has 84 heavy (non-hydrogen) atoms. The van der Waals surface area contributed by atoms with E-state index in [1.165, 1.54) is 417 Å². The van der Waals surface area contributed by atoms with Crippen molar-refractivity contribution in [2.75, 3.05) is 13.2 Å². The maximum absolute atomic E-state index is 12.4. The lowest BCUT2D eigenvalue weighted by molar-refractivity contribution is -0.161. The van der Waals surface area contributed by atoms with E-state index in [2.05, 4.69) is 13.8 Å². The summed E-state index contributed by atoms with van der Waals surface area (Å²) in [6.07, 6.45) is 97.8. The average molecular weight is 1190 g/mol. The van der Waals surface area contributed by atoms with E-state index < -0.39 is 6.10 Å². The third-order valence-electron chi connectivity index (χ3n) is 18.9. The summed E-state index contributed by atoms with van der Waals surface area (Å²) in [7, 11) is 0. The molecular formula is C79H156O5. The molecule has 0 aliphatic rings. The molecule has 0 aromatic heterocycles. The average Bonchev–Trinajstić information content (AvgIpc) is 3.51. The maximum atomic E-state index is 12.4. The summed E-state index contributed by atoms with van der Waals surface area (Å²) < 4.78 is 10.8. The van der Waals surface area contributed by atoms with Crippen molar-refractivity contribution < 1.29 is 24.2 Å². The second kappa shape index (κ2) is 76.1. The van der Waals surface area contributed by atoms with E-state index in [0.717, 1.165) is 32.1 Å². The highest BCUT2D eigenvalue weighted by Crippen LogP contribution is 2.21. The van der Waals surface area contributed by atoms with Crippen molar-refractivity contribution in [2.24, 2.45) is 0 Å². The zero-order valence-electron chi connectivity index (χ0n) is 58.0. The van der Waals surface area contributed by atoms with Crippen LogP contribution in [0.25, 0.3) is 0 Å². The van der Waals surface area contributed by atoms with E-state index in [0.29, 0.717) is 12.8 Å². The largest absolute Gasteiger partial charge is 0.462 e. The number of rotatable bonds is 76. The highest BCUT2D eigenvalue weighted by molar-refractivity contribution is 5.70. The molecule has 0 aromatic carbocycles. The zero-order chi connectivity index (χ0) is 60.5. The molecule has 5 heteroatoms. The third kappa shape index (κ3) is 73.4. The van der Waals surface area contributed by atoms with Gasteiger partial charge in [-0.15, -0.1) is 0 Å². The lowest BCUT2D eigenvalue weighted by atomic mass is 10.0. The monoisotopic (exact) mass is 1190 g/mol. The summed E-state index contributed by atoms with van der Waals surface area (Å²) in [6, 6.07) is 0. The summed E-state index contributed by atoms with van der Waals surface area (Å²) >= 11 is 0. The van der Waals surface area contributed by atoms with Gasteiger partial charge in [0.1, 0.15) is 6.61 Å². The topological polar surface area (TPSA) is 72.8 Å². The molecule has 1 atom stereocenters. The third-order valence-corrected chi connectivity index (χ3v) is 18.9. The first-order valence-corrected chi connectivity index (χ1v) is 39.6. The Balaban J connectivity index is 3.32. The van der Waals surface area contributed by atoms with Crippen molar-refractivity contribution in [1.29, 1.82) is 0 Å². The fourth-order valence-corrected chi connectivity index (χ4v) is 13.0. The van der Waals surface area contributed by atoms with Gasteiger partial charge in [0.25, 0.3) is 0 Å². The van der Waals surface area contributed by atoms with Crippen LogP contribution in [-0.2, 0) is 19.1 Å². The van der Waals surface area contributed by atoms with E-state index in [1.54, 1.807) is 0 Å². The van der Waals surface area contributed by atoms with Gasteiger partial charge in [0.05, 0.1) is 6.61 Å². The minimum Gasteiger partial charge on any atom is -0.462 e. The molecule has 0 heterocycles. The molecule has 502 valence electrons. The van der Waals surface area contributed by atoms with Gasteiger partial charge in [0, 0.05) is 12.8 Å². The van der Waals surface area contributed by atoms with Crippen LogP contribution in [0.15, 0.2) is 0 Å². The van der Waals surface area contributed by atoms with Crippen LogP contribution >= 0.6 is 0 Å². The van der Waals surface area contributed by atoms with Crippen LogP contribution < -0.4 is 0 Å². The highest BCUT2D eigenvalue weighted by Gasteiger charge is 2.16. The second-order valence-electron chi connectivity index (χ2n) is 27.5. The quantitative estimate of drug-likeness (QED) is 0.0485. The van der Waals surface area contributed by atoms with E-state index >= 15 is 0 Å². The molecule has 0 aliphatic carbocycles. The van der Waals surface area contributed by atoms with Crippen molar-refractivity contribution in [3.05, 3.63) is 0 Å². The molecule has 0 amide bonds. The van der Waals surface area contributed by atoms with Gasteiger partial charge in [-0.2, -0.15) is 0 Å². The zero-order valence-corrected chi connectivity index (χ0v) is 58.0. The predicted octanol–water partition coefficient (Wildman–Crippen LogP) is 27.6. The molecule has 0 spiro atoms. The number of esters is 2. The molecular weight excluding hydrogens is 1030 g/mol. The van der Waals surface area contributed by atoms with Crippen molar-refractivity contribution in [2.45, 2.75) is 482 Å². The molecule has 0 aliphatic heterocycles. The van der Waals surface area contributed by atoms with Gasteiger partial charge in [0.15, 0.2) is 6.10 Å². The summed E-state index contributed by atoms with van der Waals surface area (Å²) in [6.45, 7) is 4.23. The van der Waals surface area contributed by atoms with Crippen molar-refractivity contribution in [3.8, 4) is 0 Å². The Hall–Kier alpha value is -1.10. The number of carbonyl (C=O) groups is 2. The molecule has 1 N–H and O–H groups in total. The number of ether oxygens (including phenoxy) is 2. The fourth-order valence-electron chi connectivity index (χ4n) is 13.0. The van der Waals surface area contributed by atoms with E-state index in [1.807, 2.05) is 0 Å². The minimum atomic E-state index is -0.766. The molecule has 1 unspecified atom stereocenters. The lowest BCUT2D eigenvalue weighted by Crippen LogP contribution is -2.28. The summed E-state index contributed by atoms with van der Waals surface area (Å²) in [5.41, 5.74) is 0. The predicted molar refractivity (Wildman–Crippen MR) is 372 cm³/mol. The van der Waals surface area contributed by atoms with Crippen LogP contribution in [0.4, 0.5) is 0 Å². The van der Waals surface area contributed by atoms with Crippen LogP contribution in [0.1, 0.15) is 476 Å². The van der Waals surface area contributed by atoms with Crippen molar-refractivity contribution in [3.63, 3.8) is 0 Å². The number of aliphatic hydroxyl groups is 1. The Morgan fingerprint density at radius 3 is 0.524 bits per heavy atom. The maximum Gasteiger partial charge on any atom is 0.306 e. The molecule has 0 rings (SSSR count). The van der Waals surface area contributed by atoms with Crippen LogP contribution in [-0.4, -0.2) is 36.4 Å². The van der Waals surface area contributed by atoms with Crippen LogP contribution in [0.5, 0.6) is 0 Å². The van der Waals surface area contributed by atoms with Crippen LogP contribution in [0, 0.1) is 0 Å². The van der Waals surface area contributed by atoms with Gasteiger partial charge >= 0.3 is 11.9 Å². The van der Waals surface area contributed by atoms with Gasteiger partial charge in [-0.05, 0) is 12.8 Å². The van der Waals surface area contributed by atoms with Crippen LogP contribution in [0.2, 0.25) is 0 Å². The molecule has 0 aromatic rings. The van der Waals surface area contributed by atoms with Gasteiger partial charge in [0.2, 0.25) is 0 Å². The number of carbonyl (C=O) groups excluding carboxylic acids is 2. The Morgan fingerprint density at radius 1 is 0.226 bits per heavy atom. The lowest BCUT2D eigenvalue weighted by Gasteiger charge is -2.15. The first kappa shape index (κ1) is 82.9. The Bertz CT molecular complexity index is 1200. The second-order valence-corrected chi connectivity index (χ2v) is 27.5. The Morgan fingerprint density at radius 2 is 0.369 bits per heavy atom. The van der Waals surface area contributed by atoms with Gasteiger partial charge in [-0.3, -0.25) is 9.59 Å². The van der Waals surface area contributed by atoms with E-state index in [-0.39, 0.29) is 25.2 Å². The summed E-state index contributed by atoms with van der Waals surface area (Å²) in [5, 5.41) is 9.72. The first-order valence-electron chi connectivity index (χ1n) is 39.6. The minimum absolute atomic E-state index is 0.0551. The highest BCUT2D eigenvalue weighted by atomic mass is 16.6. The number of hydrogen-bond donors (Lipinski definition) is 1. The van der Waals surface area contributed by atoms with Gasteiger partial charge < -0.3 is 14.6 Å². The van der Waals surface area contributed by atoms with Gasteiger partial charge in [-0.1, -0.05) is 450 Å². The normalized spacial score (nSPS) is 12.0. The number of aliphatic hydroxyl groups excluding tert-OH is 1. The number of hydrogen-bond acceptors (Lipinski definition) is 5. The molecule has 5 nitrogen and oxygen atoms in total. The molecule has 0 saturated heterocycles. The SMILES string of the molecule is CCCCCCCCCCCCCCCCCCCCCCCCCCCCCCCCCCCCCCCCCCCC(=O)OC(CO)COC(=O)CCCCCCCCCCCCCCCCCCCCCCCCCCCCCCC. The fraction of sp³-hybridized carbons (Fsp3) is 0.975. The van der Waals surface area contributed by atoms with Gasteiger partial charge in [-0.25, -0.2) is 0 Å². The number of unbranched alkanes of at least 4 members (excludes halogenated alkanes) is 68. The molecule has 0 saturated carbocycles. The Labute approximate surface area is 529 Å². The van der Waals surface area contributed by atoms with Crippen molar-refractivity contribution >= 4 is 11.9 Å².